The van der Waals surface area contributed by atoms with Gasteiger partial charge < -0.3 is 19.5 Å². The van der Waals surface area contributed by atoms with Crippen LogP contribution in [0.4, 0.5) is 0 Å². The van der Waals surface area contributed by atoms with Gasteiger partial charge in [0.15, 0.2) is 18.1 Å². The second-order valence-electron chi connectivity index (χ2n) is 6.61. The normalized spacial score (nSPS) is 15.6. The lowest BCUT2D eigenvalue weighted by Crippen LogP contribution is -2.44. The molecule has 1 amide bonds. The van der Waals surface area contributed by atoms with Gasteiger partial charge in [-0.3, -0.25) is 9.69 Å². The number of para-hydroxylation sites is 2. The van der Waals surface area contributed by atoms with Crippen LogP contribution in [0, 0.1) is 0 Å². The van der Waals surface area contributed by atoms with E-state index in [9.17, 15) is 4.79 Å². The Hall–Kier alpha value is -2.57. The Balaban J connectivity index is 1.61. The van der Waals surface area contributed by atoms with Crippen molar-refractivity contribution >= 4 is 5.91 Å². The zero-order valence-electron chi connectivity index (χ0n) is 16.3. The summed E-state index contributed by atoms with van der Waals surface area (Å²) in [4.78, 5) is 14.9. The molecule has 1 N–H and O–H groups in total. The van der Waals surface area contributed by atoms with Gasteiger partial charge in [-0.2, -0.15) is 0 Å². The van der Waals surface area contributed by atoms with E-state index in [1.54, 1.807) is 6.07 Å². The van der Waals surface area contributed by atoms with Gasteiger partial charge in [-0.05, 0) is 24.6 Å². The highest BCUT2D eigenvalue weighted by Gasteiger charge is 2.20. The minimum Gasteiger partial charge on any atom is -0.490 e. The summed E-state index contributed by atoms with van der Waals surface area (Å²) >= 11 is 0. The fourth-order valence-corrected chi connectivity index (χ4v) is 3.19. The first-order chi connectivity index (χ1) is 13.8. The number of hydrogen-bond donors (Lipinski definition) is 1. The average molecular weight is 384 g/mol. The van der Waals surface area contributed by atoms with Crippen molar-refractivity contribution in [1.29, 1.82) is 0 Å². The molecule has 3 rings (SSSR count). The maximum atomic E-state index is 12.6. The van der Waals surface area contributed by atoms with Crippen LogP contribution in [-0.4, -0.2) is 56.9 Å². The second kappa shape index (κ2) is 10.7. The number of benzene rings is 2. The van der Waals surface area contributed by atoms with Gasteiger partial charge in [-0.1, -0.05) is 42.5 Å². The molecule has 1 aliphatic rings. The van der Waals surface area contributed by atoms with Crippen LogP contribution in [-0.2, 0) is 9.53 Å². The molecule has 0 spiro atoms. The Labute approximate surface area is 166 Å². The van der Waals surface area contributed by atoms with Crippen LogP contribution in [0.3, 0.4) is 0 Å². The number of nitrogens with zero attached hydrogens (tertiary/aromatic N) is 1. The van der Waals surface area contributed by atoms with Gasteiger partial charge in [-0.15, -0.1) is 0 Å². The molecule has 1 atom stereocenters. The summed E-state index contributed by atoms with van der Waals surface area (Å²) in [5.74, 6) is 1.06. The maximum absolute atomic E-state index is 12.6. The number of carbonyl (C=O) groups is 1. The smallest absolute Gasteiger partial charge is 0.258 e. The molecule has 1 fully saturated rings. The van der Waals surface area contributed by atoms with Gasteiger partial charge >= 0.3 is 0 Å². The molecule has 0 aliphatic carbocycles. The van der Waals surface area contributed by atoms with Crippen LogP contribution in [0.1, 0.15) is 18.5 Å². The van der Waals surface area contributed by atoms with E-state index < -0.39 is 0 Å². The lowest BCUT2D eigenvalue weighted by Gasteiger charge is -2.31. The van der Waals surface area contributed by atoms with Crippen molar-refractivity contribution in [3.8, 4) is 11.5 Å². The highest BCUT2D eigenvalue weighted by molar-refractivity contribution is 5.78. The maximum Gasteiger partial charge on any atom is 0.258 e. The Morgan fingerprint density at radius 3 is 2.36 bits per heavy atom. The standard InChI is InChI=1S/C22H28N2O4/c1-2-27-20-10-6-7-11-21(20)28-17-22(25)23-19(18-8-4-3-5-9-18)16-24-12-14-26-15-13-24/h3-11,19H,2,12-17H2,1H3,(H,23,25). The van der Waals surface area contributed by atoms with Crippen LogP contribution in [0.25, 0.3) is 0 Å². The van der Waals surface area contributed by atoms with E-state index in [4.69, 9.17) is 14.2 Å². The molecule has 6 heteroatoms. The monoisotopic (exact) mass is 384 g/mol. The van der Waals surface area contributed by atoms with Gasteiger partial charge in [0.2, 0.25) is 0 Å². The number of amides is 1. The Morgan fingerprint density at radius 1 is 1.04 bits per heavy atom. The van der Waals surface area contributed by atoms with Gasteiger partial charge in [0, 0.05) is 19.6 Å². The minimum absolute atomic E-state index is 0.0590. The van der Waals surface area contributed by atoms with Crippen molar-refractivity contribution in [2.24, 2.45) is 0 Å². The Bertz CT molecular complexity index is 732. The molecule has 28 heavy (non-hydrogen) atoms. The molecule has 2 aromatic carbocycles. The zero-order valence-corrected chi connectivity index (χ0v) is 16.3. The van der Waals surface area contributed by atoms with E-state index in [-0.39, 0.29) is 18.6 Å². The van der Waals surface area contributed by atoms with Gasteiger partial charge in [0.05, 0.1) is 25.9 Å². The number of morpholine rings is 1. The Morgan fingerprint density at radius 2 is 1.68 bits per heavy atom. The fourth-order valence-electron chi connectivity index (χ4n) is 3.19. The van der Waals surface area contributed by atoms with E-state index in [0.29, 0.717) is 18.1 Å². The van der Waals surface area contributed by atoms with Crippen molar-refractivity contribution in [3.63, 3.8) is 0 Å². The van der Waals surface area contributed by atoms with Gasteiger partial charge in [0.25, 0.3) is 5.91 Å². The predicted molar refractivity (Wildman–Crippen MR) is 108 cm³/mol. The first-order valence-corrected chi connectivity index (χ1v) is 9.75. The molecular weight excluding hydrogens is 356 g/mol. The zero-order chi connectivity index (χ0) is 19.6. The highest BCUT2D eigenvalue weighted by atomic mass is 16.5. The number of rotatable bonds is 9. The van der Waals surface area contributed by atoms with Crippen molar-refractivity contribution < 1.29 is 19.0 Å². The number of ether oxygens (including phenoxy) is 3. The summed E-state index contributed by atoms with van der Waals surface area (Å²) in [5, 5.41) is 3.12. The fraction of sp³-hybridized carbons (Fsp3) is 0.409. The van der Waals surface area contributed by atoms with Gasteiger partial charge in [0.1, 0.15) is 0 Å². The SMILES string of the molecule is CCOc1ccccc1OCC(=O)NC(CN1CCOCC1)c1ccccc1. The largest absolute Gasteiger partial charge is 0.490 e. The Kier molecular flexibility index (Phi) is 7.70. The third-order valence-electron chi connectivity index (χ3n) is 4.59. The number of carbonyl (C=O) groups excluding carboxylic acids is 1. The van der Waals surface area contributed by atoms with Crippen LogP contribution in [0.15, 0.2) is 54.6 Å². The molecule has 2 aromatic rings. The van der Waals surface area contributed by atoms with E-state index in [1.165, 1.54) is 0 Å². The van der Waals surface area contributed by atoms with E-state index in [0.717, 1.165) is 38.4 Å². The van der Waals surface area contributed by atoms with Crippen LogP contribution >= 0.6 is 0 Å². The predicted octanol–water partition coefficient (Wildman–Crippen LogP) is 2.65. The van der Waals surface area contributed by atoms with E-state index >= 15 is 0 Å². The summed E-state index contributed by atoms with van der Waals surface area (Å²) in [6, 6.07) is 17.3. The lowest BCUT2D eigenvalue weighted by atomic mass is 10.1. The number of nitrogens with one attached hydrogen (secondary N) is 1. The first-order valence-electron chi connectivity index (χ1n) is 9.75. The van der Waals surface area contributed by atoms with Gasteiger partial charge in [-0.25, -0.2) is 0 Å². The summed E-state index contributed by atoms with van der Waals surface area (Å²) in [6.45, 7) is 6.35. The highest BCUT2D eigenvalue weighted by Crippen LogP contribution is 2.26. The first kappa shape index (κ1) is 20.2. The molecule has 1 saturated heterocycles. The summed E-state index contributed by atoms with van der Waals surface area (Å²) in [7, 11) is 0. The number of hydrogen-bond acceptors (Lipinski definition) is 5. The lowest BCUT2D eigenvalue weighted by molar-refractivity contribution is -0.124. The molecule has 0 aromatic heterocycles. The molecule has 0 saturated carbocycles. The quantitative estimate of drug-likeness (QED) is 0.720. The molecule has 1 aliphatic heterocycles. The molecule has 150 valence electrons. The molecule has 0 radical (unpaired) electrons. The summed E-state index contributed by atoms with van der Waals surface area (Å²) in [6.07, 6.45) is 0. The molecule has 6 nitrogen and oxygen atoms in total. The second-order valence-corrected chi connectivity index (χ2v) is 6.61. The average Bonchev–Trinajstić information content (AvgIpc) is 2.74. The van der Waals surface area contributed by atoms with E-state index in [2.05, 4.69) is 10.2 Å². The third kappa shape index (κ3) is 5.97. The molecule has 1 heterocycles. The summed E-state index contributed by atoms with van der Waals surface area (Å²) < 4.78 is 16.7. The topological polar surface area (TPSA) is 60.0 Å². The van der Waals surface area contributed by atoms with Crippen molar-refractivity contribution in [2.75, 3.05) is 46.1 Å². The van der Waals surface area contributed by atoms with Crippen molar-refractivity contribution in [2.45, 2.75) is 13.0 Å². The van der Waals surface area contributed by atoms with Crippen LogP contribution in [0.2, 0.25) is 0 Å². The van der Waals surface area contributed by atoms with Crippen LogP contribution in [0.5, 0.6) is 11.5 Å². The molecule has 1 unspecified atom stereocenters. The van der Waals surface area contributed by atoms with E-state index in [1.807, 2.05) is 55.5 Å². The van der Waals surface area contributed by atoms with Crippen molar-refractivity contribution in [3.05, 3.63) is 60.2 Å². The minimum atomic E-state index is -0.159. The molecular formula is C22H28N2O4. The molecule has 0 bridgehead atoms. The van der Waals surface area contributed by atoms with Crippen molar-refractivity contribution in [1.82, 2.24) is 10.2 Å². The summed E-state index contributed by atoms with van der Waals surface area (Å²) in [5.41, 5.74) is 1.08. The van der Waals surface area contributed by atoms with Crippen LogP contribution < -0.4 is 14.8 Å². The third-order valence-corrected chi connectivity index (χ3v) is 4.59.